The van der Waals surface area contributed by atoms with Crippen LogP contribution in [0.25, 0.3) is 0 Å². The molecule has 2 atom stereocenters. The zero-order chi connectivity index (χ0) is 21.1. The van der Waals surface area contributed by atoms with Gasteiger partial charge in [-0.1, -0.05) is 36.2 Å². The Morgan fingerprint density at radius 1 is 1.38 bits per heavy atom. The molecule has 29 heavy (non-hydrogen) atoms. The van der Waals surface area contributed by atoms with E-state index in [4.69, 9.17) is 9.47 Å². The zero-order valence-electron chi connectivity index (χ0n) is 17.2. The number of aromatic hydroxyl groups is 1. The highest BCUT2D eigenvalue weighted by Gasteiger charge is 2.41. The lowest BCUT2D eigenvalue weighted by Crippen LogP contribution is -2.51. The van der Waals surface area contributed by atoms with Gasteiger partial charge in [0.15, 0.2) is 11.5 Å². The van der Waals surface area contributed by atoms with Gasteiger partial charge in [-0.3, -0.25) is 9.69 Å². The maximum Gasteiger partial charge on any atom is 0.410 e. The van der Waals surface area contributed by atoms with Crippen LogP contribution in [-0.4, -0.2) is 65.8 Å². The van der Waals surface area contributed by atoms with Crippen LogP contribution in [0.1, 0.15) is 38.7 Å². The Hall–Kier alpha value is -1.96. The molecule has 0 aliphatic carbocycles. The minimum Gasteiger partial charge on any atom is -0.504 e. The number of hydrogen-bond donors (Lipinski definition) is 1. The number of ether oxygens (including phenoxy) is 2. The lowest BCUT2D eigenvalue weighted by Gasteiger charge is -2.39. The molecule has 1 aromatic carbocycles. The summed E-state index contributed by atoms with van der Waals surface area (Å²) in [6, 6.07) is 3.47. The van der Waals surface area contributed by atoms with E-state index < -0.39 is 0 Å². The third kappa shape index (κ3) is 4.63. The summed E-state index contributed by atoms with van der Waals surface area (Å²) in [6.07, 6.45) is 2.52. The van der Waals surface area contributed by atoms with Crippen LogP contribution in [0, 0.1) is 5.92 Å². The second kappa shape index (κ2) is 9.24. The van der Waals surface area contributed by atoms with Crippen LogP contribution < -0.4 is 4.74 Å². The van der Waals surface area contributed by atoms with Gasteiger partial charge in [0.25, 0.3) is 0 Å². The fourth-order valence-corrected chi connectivity index (χ4v) is 4.60. The number of phenols is 1. The van der Waals surface area contributed by atoms with Crippen molar-refractivity contribution in [3.63, 3.8) is 0 Å². The molecule has 1 N–H and O–H groups in total. The molecule has 0 aromatic heterocycles. The van der Waals surface area contributed by atoms with Gasteiger partial charge in [-0.05, 0) is 36.5 Å². The number of hydrogen-bond acceptors (Lipinski definition) is 5. The lowest BCUT2D eigenvalue weighted by molar-refractivity contribution is -0.132. The van der Waals surface area contributed by atoms with Crippen molar-refractivity contribution in [2.45, 2.75) is 51.6 Å². The average Bonchev–Trinajstić information content (AvgIpc) is 3.10. The first-order chi connectivity index (χ1) is 13.8. The molecule has 2 aliphatic rings. The second-order valence-electron chi connectivity index (χ2n) is 7.84. The van der Waals surface area contributed by atoms with Gasteiger partial charge in [-0.2, -0.15) is 0 Å². The van der Waals surface area contributed by atoms with Crippen LogP contribution in [0.2, 0.25) is 0 Å². The number of methoxy groups -OCH3 is 1. The minimum atomic E-state index is -0.222. The first-order valence-electron chi connectivity index (χ1n) is 10.1. The van der Waals surface area contributed by atoms with Crippen molar-refractivity contribution in [2.24, 2.45) is 5.92 Å². The summed E-state index contributed by atoms with van der Waals surface area (Å²) in [7, 11) is 1.48. The van der Waals surface area contributed by atoms with Crippen LogP contribution in [0.3, 0.4) is 0 Å². The van der Waals surface area contributed by atoms with E-state index in [2.05, 4.69) is 29.8 Å². The van der Waals surface area contributed by atoms with Crippen molar-refractivity contribution >= 4 is 27.9 Å². The number of carbonyl (C=O) groups is 2. The van der Waals surface area contributed by atoms with Gasteiger partial charge in [-0.25, -0.2) is 4.79 Å². The molecule has 8 heteroatoms. The van der Waals surface area contributed by atoms with E-state index in [0.29, 0.717) is 35.8 Å². The summed E-state index contributed by atoms with van der Waals surface area (Å²) in [5.41, 5.74) is 0.770. The SMILES string of the molecule is CCC(C)C1COC(=O)N1C1CCN(C(=O)Cc2cc(OC)c(O)cc2Br)CC1. The van der Waals surface area contributed by atoms with Crippen molar-refractivity contribution in [2.75, 3.05) is 26.8 Å². The van der Waals surface area contributed by atoms with Gasteiger partial charge in [0, 0.05) is 23.6 Å². The first kappa shape index (κ1) is 21.7. The second-order valence-corrected chi connectivity index (χ2v) is 8.70. The maximum atomic E-state index is 12.8. The average molecular weight is 469 g/mol. The largest absolute Gasteiger partial charge is 0.504 e. The number of amides is 2. The van der Waals surface area contributed by atoms with Gasteiger partial charge in [0.2, 0.25) is 5.91 Å². The standard InChI is InChI=1S/C21H29BrN2O5/c1-4-13(2)17-12-29-21(27)24(17)15-5-7-23(8-6-15)20(26)10-14-9-19(28-3)18(25)11-16(14)22/h9,11,13,15,17,25H,4-8,10,12H2,1-3H3. The number of nitrogens with zero attached hydrogens (tertiary/aromatic N) is 2. The molecule has 0 spiro atoms. The topological polar surface area (TPSA) is 79.3 Å². The number of phenolic OH excluding ortho intramolecular Hbond substituents is 1. The molecule has 160 valence electrons. The summed E-state index contributed by atoms with van der Waals surface area (Å²) < 4.78 is 11.1. The highest BCUT2D eigenvalue weighted by molar-refractivity contribution is 9.10. The Morgan fingerprint density at radius 2 is 2.07 bits per heavy atom. The predicted octanol–water partition coefficient (Wildman–Crippen LogP) is 3.56. The van der Waals surface area contributed by atoms with Gasteiger partial charge >= 0.3 is 6.09 Å². The molecule has 0 radical (unpaired) electrons. The summed E-state index contributed by atoms with van der Waals surface area (Å²) in [5, 5.41) is 9.84. The zero-order valence-corrected chi connectivity index (χ0v) is 18.8. The fourth-order valence-electron chi connectivity index (χ4n) is 4.13. The molecule has 2 amide bonds. The van der Waals surface area contributed by atoms with Crippen molar-refractivity contribution in [1.29, 1.82) is 0 Å². The quantitative estimate of drug-likeness (QED) is 0.690. The molecule has 0 bridgehead atoms. The summed E-state index contributed by atoms with van der Waals surface area (Å²) >= 11 is 3.41. The molecule has 2 heterocycles. The van der Waals surface area contributed by atoms with Crippen LogP contribution in [-0.2, 0) is 16.0 Å². The third-order valence-electron chi connectivity index (χ3n) is 6.15. The monoisotopic (exact) mass is 468 g/mol. The van der Waals surface area contributed by atoms with E-state index in [9.17, 15) is 14.7 Å². The third-order valence-corrected chi connectivity index (χ3v) is 6.88. The molecular weight excluding hydrogens is 440 g/mol. The Kier molecular flexibility index (Phi) is 6.93. The molecule has 2 aliphatic heterocycles. The number of likely N-dealkylation sites (tertiary alicyclic amines) is 1. The highest BCUT2D eigenvalue weighted by Crippen LogP contribution is 2.33. The van der Waals surface area contributed by atoms with Gasteiger partial charge in [-0.15, -0.1) is 0 Å². The van der Waals surface area contributed by atoms with Crippen LogP contribution >= 0.6 is 15.9 Å². The maximum absolute atomic E-state index is 12.8. The van der Waals surface area contributed by atoms with Crippen molar-refractivity contribution in [3.05, 3.63) is 22.2 Å². The van der Waals surface area contributed by atoms with E-state index in [1.807, 2.05) is 9.80 Å². The Morgan fingerprint density at radius 3 is 2.69 bits per heavy atom. The molecule has 1 aromatic rings. The molecule has 2 saturated heterocycles. The summed E-state index contributed by atoms with van der Waals surface area (Å²) in [5.74, 6) is 0.797. The predicted molar refractivity (Wildman–Crippen MR) is 112 cm³/mol. The van der Waals surface area contributed by atoms with E-state index in [1.54, 1.807) is 12.1 Å². The van der Waals surface area contributed by atoms with E-state index in [0.717, 1.165) is 24.8 Å². The fraction of sp³-hybridized carbons (Fsp3) is 0.619. The van der Waals surface area contributed by atoms with Gasteiger partial charge in [0.1, 0.15) is 6.61 Å². The molecule has 7 nitrogen and oxygen atoms in total. The normalized spacial score (nSPS) is 21.2. The van der Waals surface area contributed by atoms with Crippen molar-refractivity contribution in [3.8, 4) is 11.5 Å². The number of carbonyl (C=O) groups excluding carboxylic acids is 2. The number of halogens is 1. The Bertz CT molecular complexity index is 764. The Labute approximate surface area is 180 Å². The highest BCUT2D eigenvalue weighted by atomic mass is 79.9. The first-order valence-corrected chi connectivity index (χ1v) is 10.9. The summed E-state index contributed by atoms with van der Waals surface area (Å²) in [4.78, 5) is 28.8. The van der Waals surface area contributed by atoms with Crippen LogP contribution in [0.5, 0.6) is 11.5 Å². The Balaban J connectivity index is 1.61. The molecular formula is C21H29BrN2O5. The van der Waals surface area contributed by atoms with Crippen molar-refractivity contribution < 1.29 is 24.2 Å². The number of rotatable bonds is 6. The number of benzene rings is 1. The van der Waals surface area contributed by atoms with Gasteiger partial charge < -0.3 is 19.5 Å². The van der Waals surface area contributed by atoms with Crippen LogP contribution in [0.15, 0.2) is 16.6 Å². The van der Waals surface area contributed by atoms with E-state index >= 15 is 0 Å². The minimum absolute atomic E-state index is 0.0272. The molecule has 2 fully saturated rings. The van der Waals surface area contributed by atoms with Crippen LogP contribution in [0.4, 0.5) is 4.79 Å². The van der Waals surface area contributed by atoms with E-state index in [-0.39, 0.29) is 36.3 Å². The molecule has 0 saturated carbocycles. The number of piperidine rings is 1. The van der Waals surface area contributed by atoms with E-state index in [1.165, 1.54) is 7.11 Å². The summed E-state index contributed by atoms with van der Waals surface area (Å²) in [6.45, 7) is 5.98. The molecule has 3 rings (SSSR count). The number of cyclic esters (lactones) is 1. The molecule has 2 unspecified atom stereocenters. The van der Waals surface area contributed by atoms with Crippen molar-refractivity contribution in [1.82, 2.24) is 9.80 Å². The lowest BCUT2D eigenvalue weighted by atomic mass is 9.95. The smallest absolute Gasteiger partial charge is 0.410 e. The van der Waals surface area contributed by atoms with Gasteiger partial charge in [0.05, 0.1) is 19.6 Å².